The van der Waals surface area contributed by atoms with Gasteiger partial charge in [0.2, 0.25) is 0 Å². The first-order valence-corrected chi connectivity index (χ1v) is 10.5. The molecule has 0 atom stereocenters. The lowest BCUT2D eigenvalue weighted by Crippen LogP contribution is -2.36. The molecule has 8 nitrogen and oxygen atoms in total. The van der Waals surface area contributed by atoms with Crippen molar-refractivity contribution in [2.24, 2.45) is 4.99 Å². The number of aliphatic imine (C=N–C) groups is 1. The quantitative estimate of drug-likeness (QED) is 0.359. The average Bonchev–Trinajstić information content (AvgIpc) is 3.24. The minimum Gasteiger partial charge on any atom is -0.493 e. The Hall–Kier alpha value is -2.74. The Morgan fingerprint density at radius 2 is 1.97 bits per heavy atom. The molecule has 2 rings (SSSR count). The minimum absolute atomic E-state index is 0.0445. The molecule has 1 heterocycles. The van der Waals surface area contributed by atoms with Gasteiger partial charge < -0.3 is 29.7 Å². The molecule has 0 unspecified atom stereocenters. The van der Waals surface area contributed by atoms with E-state index >= 15 is 0 Å². The summed E-state index contributed by atoms with van der Waals surface area (Å²) in [6.07, 6.45) is 2.10. The van der Waals surface area contributed by atoms with E-state index in [4.69, 9.17) is 19.1 Å². The maximum atomic E-state index is 8.92. The second-order valence-corrected chi connectivity index (χ2v) is 6.84. The fraction of sp³-hybridized carbons (Fsp3) is 0.545. The number of hydrogen-bond donors (Lipinski definition) is 3. The molecule has 2 aromatic rings. The summed E-state index contributed by atoms with van der Waals surface area (Å²) in [4.78, 5) is 4.64. The highest BCUT2D eigenvalue weighted by molar-refractivity contribution is 5.79. The van der Waals surface area contributed by atoms with Crippen molar-refractivity contribution in [3.05, 3.63) is 41.3 Å². The van der Waals surface area contributed by atoms with Gasteiger partial charge in [0.05, 0.1) is 32.5 Å². The van der Waals surface area contributed by atoms with E-state index in [-0.39, 0.29) is 13.2 Å². The largest absolute Gasteiger partial charge is 0.493 e. The van der Waals surface area contributed by atoms with Crippen LogP contribution in [0.25, 0.3) is 0 Å². The predicted octanol–water partition coefficient (Wildman–Crippen LogP) is 3.21. The van der Waals surface area contributed by atoms with E-state index in [1.54, 1.807) is 7.11 Å². The van der Waals surface area contributed by atoms with Crippen LogP contribution in [-0.2, 0) is 13.1 Å². The highest BCUT2D eigenvalue weighted by atomic mass is 16.5. The number of nitrogens with one attached hydrogen (secondary N) is 2. The molecular weight excluding hydrogens is 384 g/mol. The molecule has 0 saturated carbocycles. The molecule has 0 aliphatic rings. The van der Waals surface area contributed by atoms with Gasteiger partial charge in [-0.3, -0.25) is 0 Å². The van der Waals surface area contributed by atoms with Crippen LogP contribution in [0, 0.1) is 0 Å². The lowest BCUT2D eigenvalue weighted by Gasteiger charge is -2.12. The zero-order valence-electron chi connectivity index (χ0n) is 18.4. The van der Waals surface area contributed by atoms with Crippen molar-refractivity contribution in [1.82, 2.24) is 15.8 Å². The molecule has 166 valence electrons. The van der Waals surface area contributed by atoms with Gasteiger partial charge in [-0.25, -0.2) is 4.99 Å². The Morgan fingerprint density at radius 3 is 2.63 bits per heavy atom. The maximum Gasteiger partial charge on any atom is 0.191 e. The summed E-state index contributed by atoms with van der Waals surface area (Å²) in [6.45, 7) is 8.26. The molecule has 0 fully saturated rings. The topological polar surface area (TPSA) is 101 Å². The van der Waals surface area contributed by atoms with Gasteiger partial charge in [0.25, 0.3) is 0 Å². The monoisotopic (exact) mass is 418 g/mol. The third-order valence-corrected chi connectivity index (χ3v) is 4.75. The van der Waals surface area contributed by atoms with E-state index in [1.165, 1.54) is 0 Å². The van der Waals surface area contributed by atoms with Crippen LogP contribution in [0.2, 0.25) is 0 Å². The van der Waals surface area contributed by atoms with E-state index in [9.17, 15) is 0 Å². The molecular formula is C22H34N4O4. The normalized spacial score (nSPS) is 11.6. The number of guanidine groups is 1. The highest BCUT2D eigenvalue weighted by Crippen LogP contribution is 2.28. The summed E-state index contributed by atoms with van der Waals surface area (Å²) in [5, 5.41) is 19.6. The Bertz CT molecular complexity index is 787. The molecule has 0 aliphatic heterocycles. The van der Waals surface area contributed by atoms with Crippen LogP contribution < -0.4 is 20.1 Å². The van der Waals surface area contributed by atoms with Gasteiger partial charge in [-0.15, -0.1) is 0 Å². The summed E-state index contributed by atoms with van der Waals surface area (Å²) < 4.78 is 16.3. The van der Waals surface area contributed by atoms with Gasteiger partial charge in [0.15, 0.2) is 23.2 Å². The zero-order chi connectivity index (χ0) is 21.8. The Labute approximate surface area is 178 Å². The number of rotatable bonds is 12. The Morgan fingerprint density at radius 1 is 1.17 bits per heavy atom. The summed E-state index contributed by atoms with van der Waals surface area (Å²) in [5.74, 6) is 3.13. The van der Waals surface area contributed by atoms with E-state index < -0.39 is 0 Å². The first kappa shape index (κ1) is 23.5. The number of ether oxygens (including phenoxy) is 2. The lowest BCUT2D eigenvalue weighted by atomic mass is 9.99. The Balaban J connectivity index is 2.00. The number of aliphatic hydroxyl groups is 1. The van der Waals surface area contributed by atoms with Crippen LogP contribution in [0.4, 0.5) is 0 Å². The van der Waals surface area contributed by atoms with Crippen molar-refractivity contribution in [2.75, 3.05) is 26.9 Å². The highest BCUT2D eigenvalue weighted by Gasteiger charge is 2.13. The fourth-order valence-electron chi connectivity index (χ4n) is 3.08. The third-order valence-electron chi connectivity index (χ3n) is 4.75. The molecule has 0 bridgehead atoms. The molecule has 3 N–H and O–H groups in total. The number of methoxy groups -OCH3 is 1. The first-order valence-electron chi connectivity index (χ1n) is 10.5. The molecule has 0 saturated heterocycles. The number of aliphatic hydroxyl groups excluding tert-OH is 1. The van der Waals surface area contributed by atoms with Crippen molar-refractivity contribution in [3.8, 4) is 11.5 Å². The summed E-state index contributed by atoms with van der Waals surface area (Å²) in [5.41, 5.74) is 1.99. The number of benzene rings is 1. The van der Waals surface area contributed by atoms with Crippen LogP contribution in [-0.4, -0.2) is 43.1 Å². The molecule has 0 aliphatic carbocycles. The predicted molar refractivity (Wildman–Crippen MR) is 117 cm³/mol. The SMILES string of the molecule is CCNC(=NCc1ccc(OCCO)c(OC)c1)NCc1cc(C(CC)CC)no1. The van der Waals surface area contributed by atoms with Crippen LogP contribution in [0.15, 0.2) is 33.8 Å². The van der Waals surface area contributed by atoms with Gasteiger partial charge in [0, 0.05) is 18.5 Å². The van der Waals surface area contributed by atoms with Crippen LogP contribution in [0.3, 0.4) is 0 Å². The van der Waals surface area contributed by atoms with Crippen LogP contribution >= 0.6 is 0 Å². The molecule has 0 amide bonds. The fourth-order valence-corrected chi connectivity index (χ4v) is 3.08. The maximum absolute atomic E-state index is 8.92. The van der Waals surface area contributed by atoms with E-state index in [0.29, 0.717) is 36.5 Å². The van der Waals surface area contributed by atoms with Crippen LogP contribution in [0.1, 0.15) is 56.5 Å². The standard InChI is InChI=1S/C22H34N4O4/c1-5-17(6-2)19-13-18(30-26-19)15-25-22(23-7-3)24-14-16-8-9-20(29-11-10-27)21(12-16)28-4/h8-9,12-13,17,27H,5-7,10-11,14-15H2,1-4H3,(H2,23,24,25). The van der Waals surface area contributed by atoms with Crippen molar-refractivity contribution in [3.63, 3.8) is 0 Å². The molecule has 1 aromatic carbocycles. The second-order valence-electron chi connectivity index (χ2n) is 6.84. The number of nitrogens with zero attached hydrogens (tertiary/aromatic N) is 2. The number of aromatic nitrogens is 1. The van der Waals surface area contributed by atoms with Crippen molar-refractivity contribution < 1.29 is 19.1 Å². The second kappa shape index (κ2) is 12.7. The van der Waals surface area contributed by atoms with E-state index in [0.717, 1.165) is 36.4 Å². The van der Waals surface area contributed by atoms with Gasteiger partial charge in [-0.2, -0.15) is 0 Å². The van der Waals surface area contributed by atoms with Gasteiger partial charge >= 0.3 is 0 Å². The molecule has 30 heavy (non-hydrogen) atoms. The number of hydrogen-bond acceptors (Lipinski definition) is 6. The molecule has 0 spiro atoms. The van der Waals surface area contributed by atoms with E-state index in [1.807, 2.05) is 31.2 Å². The van der Waals surface area contributed by atoms with Crippen molar-refractivity contribution in [2.45, 2.75) is 52.6 Å². The molecule has 0 radical (unpaired) electrons. The van der Waals surface area contributed by atoms with Gasteiger partial charge in [-0.1, -0.05) is 25.1 Å². The minimum atomic E-state index is -0.0445. The first-order chi connectivity index (χ1) is 14.6. The van der Waals surface area contributed by atoms with Gasteiger partial charge in [0.1, 0.15) is 6.61 Å². The summed E-state index contributed by atoms with van der Waals surface area (Å²) in [6, 6.07) is 7.66. The zero-order valence-corrected chi connectivity index (χ0v) is 18.4. The lowest BCUT2D eigenvalue weighted by molar-refractivity contribution is 0.196. The average molecular weight is 419 g/mol. The Kier molecular flexibility index (Phi) is 10.00. The van der Waals surface area contributed by atoms with Crippen molar-refractivity contribution in [1.29, 1.82) is 0 Å². The van der Waals surface area contributed by atoms with Crippen molar-refractivity contribution >= 4 is 5.96 Å². The van der Waals surface area contributed by atoms with E-state index in [2.05, 4.69) is 34.6 Å². The summed E-state index contributed by atoms with van der Waals surface area (Å²) in [7, 11) is 1.59. The molecule has 8 heteroatoms. The summed E-state index contributed by atoms with van der Waals surface area (Å²) >= 11 is 0. The smallest absolute Gasteiger partial charge is 0.191 e. The molecule has 1 aromatic heterocycles. The van der Waals surface area contributed by atoms with Crippen LogP contribution in [0.5, 0.6) is 11.5 Å². The third kappa shape index (κ3) is 6.95. The van der Waals surface area contributed by atoms with Gasteiger partial charge in [-0.05, 0) is 37.5 Å².